The van der Waals surface area contributed by atoms with Crippen molar-refractivity contribution in [1.82, 2.24) is 4.98 Å². The van der Waals surface area contributed by atoms with Crippen molar-refractivity contribution in [2.24, 2.45) is 0 Å². The molecule has 1 aromatic heterocycles. The summed E-state index contributed by atoms with van der Waals surface area (Å²) >= 11 is 0. The summed E-state index contributed by atoms with van der Waals surface area (Å²) in [5.41, 5.74) is -3.39. The summed E-state index contributed by atoms with van der Waals surface area (Å²) in [7, 11) is 0.885. The molecule has 1 rings (SSSR count). The highest BCUT2D eigenvalue weighted by Gasteiger charge is 2.37. The minimum absolute atomic E-state index is 0.185. The largest absolute Gasteiger partial charge is 0.494 e. The van der Waals surface area contributed by atoms with E-state index in [9.17, 15) is 26.7 Å². The standard InChI is InChI=1S/C9H6F5NO2/c1-17-7-4(3-16)5(9(12,13)14)2-15-6(7)8(10)11/h2-3,8H,1H3. The van der Waals surface area contributed by atoms with Crippen LogP contribution >= 0.6 is 0 Å². The first-order valence-corrected chi connectivity index (χ1v) is 4.20. The summed E-state index contributed by atoms with van der Waals surface area (Å²) in [5, 5.41) is 0. The van der Waals surface area contributed by atoms with Crippen molar-refractivity contribution in [3.63, 3.8) is 0 Å². The number of ether oxygens (including phenoxy) is 1. The minimum Gasteiger partial charge on any atom is -0.494 e. The zero-order chi connectivity index (χ0) is 13.2. The Morgan fingerprint density at radius 1 is 1.41 bits per heavy atom. The van der Waals surface area contributed by atoms with Crippen molar-refractivity contribution in [2.45, 2.75) is 12.6 Å². The predicted molar refractivity (Wildman–Crippen MR) is 46.1 cm³/mol. The molecule has 0 aliphatic rings. The van der Waals surface area contributed by atoms with Gasteiger partial charge in [-0.1, -0.05) is 0 Å². The quantitative estimate of drug-likeness (QED) is 0.615. The highest BCUT2D eigenvalue weighted by atomic mass is 19.4. The highest BCUT2D eigenvalue weighted by molar-refractivity contribution is 5.82. The Labute approximate surface area is 92.2 Å². The van der Waals surface area contributed by atoms with Gasteiger partial charge in [-0.15, -0.1) is 0 Å². The first-order chi connectivity index (χ1) is 7.82. The summed E-state index contributed by atoms with van der Waals surface area (Å²) in [6.07, 6.45) is -7.99. The summed E-state index contributed by atoms with van der Waals surface area (Å²) in [6.45, 7) is 0. The number of aldehydes is 1. The topological polar surface area (TPSA) is 39.2 Å². The van der Waals surface area contributed by atoms with Gasteiger partial charge in [-0.05, 0) is 0 Å². The maximum Gasteiger partial charge on any atom is 0.418 e. The van der Waals surface area contributed by atoms with E-state index in [2.05, 4.69) is 9.72 Å². The van der Waals surface area contributed by atoms with Crippen molar-refractivity contribution >= 4 is 6.29 Å². The van der Waals surface area contributed by atoms with Gasteiger partial charge in [0.1, 0.15) is 5.69 Å². The molecular formula is C9H6F5NO2. The zero-order valence-corrected chi connectivity index (χ0v) is 8.39. The molecule has 0 N–H and O–H groups in total. The van der Waals surface area contributed by atoms with Crippen molar-refractivity contribution in [1.29, 1.82) is 0 Å². The van der Waals surface area contributed by atoms with Gasteiger partial charge < -0.3 is 4.74 Å². The molecule has 0 bridgehead atoms. The number of nitrogens with zero attached hydrogens (tertiary/aromatic N) is 1. The average molecular weight is 255 g/mol. The fourth-order valence-corrected chi connectivity index (χ4v) is 1.24. The first kappa shape index (κ1) is 13.3. The molecule has 0 aliphatic carbocycles. The van der Waals surface area contributed by atoms with Crippen LogP contribution in [-0.2, 0) is 6.18 Å². The number of halogens is 5. The molecule has 0 unspecified atom stereocenters. The fraction of sp³-hybridized carbons (Fsp3) is 0.333. The molecular weight excluding hydrogens is 249 g/mol. The Balaban J connectivity index is 3.54. The normalized spacial score (nSPS) is 11.7. The first-order valence-electron chi connectivity index (χ1n) is 4.20. The minimum atomic E-state index is -4.86. The van der Waals surface area contributed by atoms with Gasteiger partial charge in [0.15, 0.2) is 12.0 Å². The van der Waals surface area contributed by atoms with E-state index >= 15 is 0 Å². The van der Waals surface area contributed by atoms with Crippen LogP contribution in [0.1, 0.15) is 28.0 Å². The van der Waals surface area contributed by atoms with Gasteiger partial charge in [-0.2, -0.15) is 13.2 Å². The molecule has 0 aromatic carbocycles. The van der Waals surface area contributed by atoms with Crippen molar-refractivity contribution in [3.8, 4) is 5.75 Å². The lowest BCUT2D eigenvalue weighted by Crippen LogP contribution is -2.13. The highest BCUT2D eigenvalue weighted by Crippen LogP contribution is 2.38. The van der Waals surface area contributed by atoms with Gasteiger partial charge in [0.25, 0.3) is 6.43 Å². The molecule has 1 heterocycles. The molecule has 1 aromatic rings. The van der Waals surface area contributed by atoms with Crippen LogP contribution in [0.4, 0.5) is 22.0 Å². The number of rotatable bonds is 3. The second-order valence-electron chi connectivity index (χ2n) is 2.92. The Hall–Kier alpha value is -1.73. The maximum atomic E-state index is 12.4. The Bertz CT molecular complexity index is 430. The fourth-order valence-electron chi connectivity index (χ4n) is 1.24. The second kappa shape index (κ2) is 4.64. The Morgan fingerprint density at radius 2 is 2.00 bits per heavy atom. The Morgan fingerprint density at radius 3 is 2.35 bits per heavy atom. The monoisotopic (exact) mass is 255 g/mol. The third-order valence-corrected chi connectivity index (χ3v) is 1.93. The molecule has 0 amide bonds. The van der Waals surface area contributed by atoms with Crippen LogP contribution in [0, 0.1) is 0 Å². The van der Waals surface area contributed by atoms with E-state index in [4.69, 9.17) is 0 Å². The molecule has 0 aliphatic heterocycles. The predicted octanol–water partition coefficient (Wildman–Crippen LogP) is 2.86. The summed E-state index contributed by atoms with van der Waals surface area (Å²) < 4.78 is 66.6. The summed E-state index contributed by atoms with van der Waals surface area (Å²) in [6, 6.07) is 0. The number of methoxy groups -OCH3 is 1. The molecule has 0 spiro atoms. The van der Waals surface area contributed by atoms with Gasteiger partial charge in [0.2, 0.25) is 0 Å². The zero-order valence-electron chi connectivity index (χ0n) is 8.39. The number of hydrogen-bond acceptors (Lipinski definition) is 3. The van der Waals surface area contributed by atoms with Gasteiger partial charge in [0, 0.05) is 6.20 Å². The van der Waals surface area contributed by atoms with E-state index in [0.29, 0.717) is 0 Å². The van der Waals surface area contributed by atoms with Crippen LogP contribution in [0.3, 0.4) is 0 Å². The van der Waals surface area contributed by atoms with Gasteiger partial charge in [0.05, 0.1) is 18.2 Å². The van der Waals surface area contributed by atoms with Crippen molar-refractivity contribution in [2.75, 3.05) is 7.11 Å². The lowest BCUT2D eigenvalue weighted by Gasteiger charge is -2.14. The maximum absolute atomic E-state index is 12.4. The van der Waals surface area contributed by atoms with E-state index in [1.807, 2.05) is 0 Å². The Kier molecular flexibility index (Phi) is 3.64. The molecule has 0 atom stereocenters. The molecule has 8 heteroatoms. The molecule has 17 heavy (non-hydrogen) atoms. The van der Waals surface area contributed by atoms with Crippen LogP contribution < -0.4 is 4.74 Å². The van der Waals surface area contributed by atoms with Crippen molar-refractivity contribution < 1.29 is 31.5 Å². The van der Waals surface area contributed by atoms with Gasteiger partial charge >= 0.3 is 6.18 Å². The molecule has 0 fully saturated rings. The number of aromatic nitrogens is 1. The average Bonchev–Trinajstić information content (AvgIpc) is 2.25. The molecule has 0 saturated carbocycles. The van der Waals surface area contributed by atoms with E-state index in [1.165, 1.54) is 0 Å². The molecule has 94 valence electrons. The summed E-state index contributed by atoms with van der Waals surface area (Å²) in [4.78, 5) is 13.5. The van der Waals surface area contributed by atoms with E-state index in [0.717, 1.165) is 7.11 Å². The van der Waals surface area contributed by atoms with E-state index in [1.54, 1.807) is 0 Å². The van der Waals surface area contributed by atoms with Crippen molar-refractivity contribution in [3.05, 3.63) is 23.0 Å². The van der Waals surface area contributed by atoms with Crippen LogP contribution in [0.25, 0.3) is 0 Å². The second-order valence-corrected chi connectivity index (χ2v) is 2.92. The van der Waals surface area contributed by atoms with Gasteiger partial charge in [-0.25, -0.2) is 8.78 Å². The number of carbonyl (C=O) groups excluding carboxylic acids is 1. The van der Waals surface area contributed by atoms with E-state index in [-0.39, 0.29) is 12.5 Å². The summed E-state index contributed by atoms with van der Waals surface area (Å²) in [5.74, 6) is -0.857. The molecule has 0 saturated heterocycles. The van der Waals surface area contributed by atoms with Gasteiger partial charge in [-0.3, -0.25) is 9.78 Å². The lowest BCUT2D eigenvalue weighted by molar-refractivity contribution is -0.138. The van der Waals surface area contributed by atoms with Crippen LogP contribution in [0.5, 0.6) is 5.75 Å². The number of pyridine rings is 1. The lowest BCUT2D eigenvalue weighted by atomic mass is 10.1. The SMILES string of the molecule is COc1c(C(F)F)ncc(C(F)(F)F)c1C=O. The number of carbonyl (C=O) groups is 1. The smallest absolute Gasteiger partial charge is 0.418 e. The van der Waals surface area contributed by atoms with Crippen LogP contribution in [0.15, 0.2) is 6.20 Å². The third-order valence-electron chi connectivity index (χ3n) is 1.93. The molecule has 0 radical (unpaired) electrons. The van der Waals surface area contributed by atoms with Crippen LogP contribution in [-0.4, -0.2) is 18.4 Å². The number of hydrogen-bond donors (Lipinski definition) is 0. The molecule has 3 nitrogen and oxygen atoms in total. The van der Waals surface area contributed by atoms with Crippen LogP contribution in [0.2, 0.25) is 0 Å². The van der Waals surface area contributed by atoms with E-state index < -0.39 is 35.2 Å². The number of alkyl halides is 5. The third kappa shape index (κ3) is 2.51.